The van der Waals surface area contributed by atoms with Gasteiger partial charge in [-0.3, -0.25) is 9.48 Å². The smallest absolute Gasteiger partial charge is 0.255 e. The Kier molecular flexibility index (Phi) is 5.95. The summed E-state index contributed by atoms with van der Waals surface area (Å²) in [5.41, 5.74) is 8.53. The van der Waals surface area contributed by atoms with E-state index in [1.54, 1.807) is 4.52 Å². The number of hydrogen-bond donors (Lipinski definition) is 2. The number of aromatic nitrogens is 5. The number of nitrogens with zero attached hydrogens (tertiary/aromatic N) is 6. The summed E-state index contributed by atoms with van der Waals surface area (Å²) in [7, 11) is 0. The average molecular weight is 425 g/mol. The second kappa shape index (κ2) is 8.66. The third-order valence-corrected chi connectivity index (χ3v) is 6.22. The van der Waals surface area contributed by atoms with E-state index >= 15 is 0 Å². The summed E-state index contributed by atoms with van der Waals surface area (Å²) in [6, 6.07) is 2.89. The largest absolute Gasteiger partial charge is 0.366 e. The summed E-state index contributed by atoms with van der Waals surface area (Å²) >= 11 is 0. The minimum absolute atomic E-state index is 0.0657. The van der Waals surface area contributed by atoms with E-state index in [0.717, 1.165) is 43.5 Å². The highest BCUT2D eigenvalue weighted by molar-refractivity contribution is 6.01. The monoisotopic (exact) mass is 424 g/mol. The van der Waals surface area contributed by atoms with Crippen molar-refractivity contribution in [2.24, 2.45) is 0 Å². The molecule has 0 saturated carbocycles. The van der Waals surface area contributed by atoms with Crippen molar-refractivity contribution in [1.29, 1.82) is 0 Å². The lowest BCUT2D eigenvalue weighted by Gasteiger charge is -2.34. The predicted octanol–water partition coefficient (Wildman–Crippen LogP) is 2.75. The van der Waals surface area contributed by atoms with Crippen molar-refractivity contribution in [2.75, 3.05) is 18.8 Å². The van der Waals surface area contributed by atoms with Crippen LogP contribution in [0.4, 0.5) is 5.95 Å². The standard InChI is InChI=1S/C22H32N8O/c1-5-15(4)25-21(31)19-10-16(12-30-20(19)26-22(23)27-30)17-11-24-29(13-17)18-6-8-28(9-7-18)14(2)3/h10-15,18H,5-9H2,1-4H3,(H2,23,27)(H,25,31). The molecule has 1 unspecified atom stereocenters. The van der Waals surface area contributed by atoms with Gasteiger partial charge in [-0.15, -0.1) is 5.10 Å². The Hall–Kier alpha value is -2.94. The zero-order valence-corrected chi connectivity index (χ0v) is 18.7. The molecule has 3 aromatic rings. The third-order valence-electron chi connectivity index (χ3n) is 6.22. The molecular formula is C22H32N8O. The molecule has 1 aliphatic rings. The molecule has 4 rings (SSSR count). The second-order valence-electron chi connectivity index (χ2n) is 8.73. The lowest BCUT2D eigenvalue weighted by molar-refractivity contribution is 0.0940. The molecule has 166 valence electrons. The summed E-state index contributed by atoms with van der Waals surface area (Å²) < 4.78 is 3.64. The van der Waals surface area contributed by atoms with Gasteiger partial charge < -0.3 is 16.0 Å². The van der Waals surface area contributed by atoms with E-state index in [2.05, 4.69) is 50.1 Å². The zero-order chi connectivity index (χ0) is 22.1. The summed E-state index contributed by atoms with van der Waals surface area (Å²) in [6.07, 6.45) is 8.78. The Morgan fingerprint density at radius 2 is 1.97 bits per heavy atom. The number of amides is 1. The van der Waals surface area contributed by atoms with Crippen molar-refractivity contribution in [1.82, 2.24) is 34.6 Å². The average Bonchev–Trinajstić information content (AvgIpc) is 3.38. The van der Waals surface area contributed by atoms with Gasteiger partial charge in [0.05, 0.1) is 17.8 Å². The highest BCUT2D eigenvalue weighted by Gasteiger charge is 2.23. The lowest BCUT2D eigenvalue weighted by atomic mass is 10.0. The number of carbonyl (C=O) groups excluding carboxylic acids is 1. The number of pyridine rings is 1. The number of rotatable bonds is 6. The first kappa shape index (κ1) is 21.3. The fraction of sp³-hybridized carbons (Fsp3) is 0.545. The Balaban J connectivity index is 1.62. The van der Waals surface area contributed by atoms with Crippen LogP contribution in [0.5, 0.6) is 0 Å². The quantitative estimate of drug-likeness (QED) is 0.630. The van der Waals surface area contributed by atoms with Crippen LogP contribution in [-0.4, -0.2) is 60.4 Å². The summed E-state index contributed by atoms with van der Waals surface area (Å²) in [6.45, 7) is 10.7. The van der Waals surface area contributed by atoms with E-state index in [4.69, 9.17) is 5.73 Å². The van der Waals surface area contributed by atoms with Crippen molar-refractivity contribution in [3.63, 3.8) is 0 Å². The van der Waals surface area contributed by atoms with Gasteiger partial charge in [-0.2, -0.15) is 10.1 Å². The molecule has 0 radical (unpaired) electrons. The minimum Gasteiger partial charge on any atom is -0.366 e. The molecule has 0 aliphatic carbocycles. The van der Waals surface area contributed by atoms with Crippen LogP contribution in [0.25, 0.3) is 16.8 Å². The summed E-state index contributed by atoms with van der Waals surface area (Å²) in [5, 5.41) is 11.9. The van der Waals surface area contributed by atoms with Gasteiger partial charge in [0.15, 0.2) is 5.65 Å². The molecule has 9 nitrogen and oxygen atoms in total. The van der Waals surface area contributed by atoms with Crippen LogP contribution in [0.15, 0.2) is 24.7 Å². The number of nitrogen functional groups attached to an aromatic ring is 1. The second-order valence-corrected chi connectivity index (χ2v) is 8.73. The molecule has 4 heterocycles. The van der Waals surface area contributed by atoms with Crippen molar-refractivity contribution in [2.45, 2.75) is 65.1 Å². The maximum Gasteiger partial charge on any atom is 0.255 e. The molecule has 1 fully saturated rings. The highest BCUT2D eigenvalue weighted by atomic mass is 16.1. The topological polar surface area (TPSA) is 106 Å². The molecule has 9 heteroatoms. The number of anilines is 1. The van der Waals surface area contributed by atoms with Crippen molar-refractivity contribution in [3.05, 3.63) is 30.2 Å². The molecular weight excluding hydrogens is 392 g/mol. The van der Waals surface area contributed by atoms with E-state index in [-0.39, 0.29) is 17.9 Å². The van der Waals surface area contributed by atoms with Crippen LogP contribution in [0.2, 0.25) is 0 Å². The number of nitrogens with one attached hydrogen (secondary N) is 1. The first-order valence-corrected chi connectivity index (χ1v) is 11.1. The molecule has 3 aromatic heterocycles. The van der Waals surface area contributed by atoms with Crippen LogP contribution < -0.4 is 11.1 Å². The highest BCUT2D eigenvalue weighted by Crippen LogP contribution is 2.27. The van der Waals surface area contributed by atoms with Crippen molar-refractivity contribution < 1.29 is 4.79 Å². The van der Waals surface area contributed by atoms with Crippen molar-refractivity contribution in [3.8, 4) is 11.1 Å². The number of hydrogen-bond acceptors (Lipinski definition) is 6. The van der Waals surface area contributed by atoms with Gasteiger partial charge in [0, 0.05) is 48.7 Å². The summed E-state index contributed by atoms with van der Waals surface area (Å²) in [5.74, 6) is -0.0376. The van der Waals surface area contributed by atoms with E-state index < -0.39 is 0 Å². The van der Waals surface area contributed by atoms with Gasteiger partial charge >= 0.3 is 0 Å². The van der Waals surface area contributed by atoms with Crippen LogP contribution in [0.3, 0.4) is 0 Å². The van der Waals surface area contributed by atoms with E-state index in [1.807, 2.05) is 32.3 Å². The van der Waals surface area contributed by atoms with Crippen LogP contribution in [0, 0.1) is 0 Å². The predicted molar refractivity (Wildman–Crippen MR) is 121 cm³/mol. The van der Waals surface area contributed by atoms with Gasteiger partial charge in [-0.25, -0.2) is 4.52 Å². The minimum atomic E-state index is -0.179. The summed E-state index contributed by atoms with van der Waals surface area (Å²) in [4.78, 5) is 19.7. The number of piperidine rings is 1. The molecule has 3 N–H and O–H groups in total. The maximum atomic E-state index is 12.9. The molecule has 1 amide bonds. The van der Waals surface area contributed by atoms with Gasteiger partial charge in [0.2, 0.25) is 5.95 Å². The molecule has 1 atom stereocenters. The number of nitrogens with two attached hydrogens (primary N) is 1. The van der Waals surface area contributed by atoms with Crippen LogP contribution in [0.1, 0.15) is 63.4 Å². The molecule has 0 bridgehead atoms. The first-order valence-electron chi connectivity index (χ1n) is 11.1. The van der Waals surface area contributed by atoms with E-state index in [1.165, 1.54) is 0 Å². The Labute approximate surface area is 182 Å². The molecule has 31 heavy (non-hydrogen) atoms. The zero-order valence-electron chi connectivity index (χ0n) is 18.7. The van der Waals surface area contributed by atoms with Crippen LogP contribution in [-0.2, 0) is 0 Å². The molecule has 0 aromatic carbocycles. The number of likely N-dealkylation sites (tertiary alicyclic amines) is 1. The number of carbonyl (C=O) groups is 1. The third kappa shape index (κ3) is 4.41. The molecule has 1 aliphatic heterocycles. The fourth-order valence-electron chi connectivity index (χ4n) is 4.08. The number of fused-ring (bicyclic) bond motifs is 1. The first-order chi connectivity index (χ1) is 14.9. The van der Waals surface area contributed by atoms with Gasteiger partial charge in [-0.05, 0) is 46.1 Å². The molecule has 1 saturated heterocycles. The van der Waals surface area contributed by atoms with E-state index in [9.17, 15) is 4.79 Å². The fourth-order valence-corrected chi connectivity index (χ4v) is 4.08. The van der Waals surface area contributed by atoms with Gasteiger partial charge in [-0.1, -0.05) is 6.92 Å². The Morgan fingerprint density at radius 1 is 1.23 bits per heavy atom. The Morgan fingerprint density at radius 3 is 2.65 bits per heavy atom. The van der Waals surface area contributed by atoms with Crippen LogP contribution >= 0.6 is 0 Å². The van der Waals surface area contributed by atoms with Crippen molar-refractivity contribution >= 4 is 17.5 Å². The normalized spacial score (nSPS) is 16.8. The van der Waals surface area contributed by atoms with Gasteiger partial charge in [0.1, 0.15) is 0 Å². The maximum absolute atomic E-state index is 12.9. The van der Waals surface area contributed by atoms with Gasteiger partial charge in [0.25, 0.3) is 5.91 Å². The molecule has 0 spiro atoms. The van der Waals surface area contributed by atoms with E-state index in [0.29, 0.717) is 23.3 Å². The Bertz CT molecular complexity index is 1060. The lowest BCUT2D eigenvalue weighted by Crippen LogP contribution is -2.39. The SMILES string of the molecule is CCC(C)NC(=O)c1cc(-c2cnn(C3CCN(C(C)C)CC3)c2)cn2nc(N)nc12.